The number of rotatable bonds is 4. The summed E-state index contributed by atoms with van der Waals surface area (Å²) < 4.78 is 0.851. The lowest BCUT2D eigenvalue weighted by molar-refractivity contribution is -0.122. The van der Waals surface area contributed by atoms with Crippen LogP contribution in [0.5, 0.6) is 0 Å². The first kappa shape index (κ1) is 15.8. The van der Waals surface area contributed by atoms with Crippen molar-refractivity contribution in [1.82, 2.24) is 5.32 Å². The van der Waals surface area contributed by atoms with E-state index in [1.165, 1.54) is 19.3 Å². The topological polar surface area (TPSA) is 64.9 Å². The Kier molecular flexibility index (Phi) is 5.63. The third-order valence-corrected chi connectivity index (χ3v) is 4.31. The molecule has 1 aromatic rings. The van der Waals surface area contributed by atoms with E-state index >= 15 is 0 Å². The van der Waals surface area contributed by atoms with Crippen LogP contribution in [0.2, 0.25) is 0 Å². The van der Waals surface area contributed by atoms with Gasteiger partial charge in [-0.05, 0) is 38.0 Å². The summed E-state index contributed by atoms with van der Waals surface area (Å²) >= 11 is 3.34. The summed E-state index contributed by atoms with van der Waals surface area (Å²) in [7, 11) is 0. The van der Waals surface area contributed by atoms with Crippen molar-refractivity contribution >= 4 is 27.5 Å². The fourth-order valence-corrected chi connectivity index (χ4v) is 2.97. The standard InChI is InChI=1S/C16H20BrN3O/c1-11(16(21)20-14-5-3-2-4-6-14)19-15-8-7-13(17)9-12(15)10-18/h7-9,11,14,19H,2-6H2,1H3,(H,20,21). The van der Waals surface area contributed by atoms with E-state index in [2.05, 4.69) is 32.6 Å². The molecule has 5 heteroatoms. The fraction of sp³-hybridized carbons (Fsp3) is 0.500. The van der Waals surface area contributed by atoms with E-state index in [1.807, 2.05) is 19.1 Å². The molecule has 0 bridgehead atoms. The molecule has 1 unspecified atom stereocenters. The smallest absolute Gasteiger partial charge is 0.242 e. The number of hydrogen-bond acceptors (Lipinski definition) is 3. The number of carbonyl (C=O) groups excluding carboxylic acids is 1. The van der Waals surface area contributed by atoms with Crippen LogP contribution in [0.15, 0.2) is 22.7 Å². The number of nitrogens with zero attached hydrogens (tertiary/aromatic N) is 1. The molecule has 1 amide bonds. The van der Waals surface area contributed by atoms with Crippen molar-refractivity contribution < 1.29 is 4.79 Å². The van der Waals surface area contributed by atoms with Crippen LogP contribution >= 0.6 is 15.9 Å². The Balaban J connectivity index is 1.95. The second-order valence-corrected chi connectivity index (χ2v) is 6.43. The molecular formula is C16H20BrN3O. The van der Waals surface area contributed by atoms with Gasteiger partial charge in [0.25, 0.3) is 0 Å². The zero-order valence-corrected chi connectivity index (χ0v) is 13.7. The summed E-state index contributed by atoms with van der Waals surface area (Å²) in [5.41, 5.74) is 1.22. The van der Waals surface area contributed by atoms with E-state index in [4.69, 9.17) is 5.26 Å². The molecule has 1 atom stereocenters. The molecule has 0 aliphatic heterocycles. The van der Waals surface area contributed by atoms with Crippen LogP contribution in [0, 0.1) is 11.3 Å². The van der Waals surface area contributed by atoms with Crippen molar-refractivity contribution in [3.63, 3.8) is 0 Å². The lowest BCUT2D eigenvalue weighted by atomic mass is 9.95. The molecule has 0 saturated heterocycles. The number of nitrogens with one attached hydrogen (secondary N) is 2. The predicted octanol–water partition coefficient (Wildman–Crippen LogP) is 3.57. The van der Waals surface area contributed by atoms with Gasteiger partial charge in [-0.25, -0.2) is 0 Å². The van der Waals surface area contributed by atoms with Gasteiger partial charge in [-0.15, -0.1) is 0 Å². The van der Waals surface area contributed by atoms with Gasteiger partial charge in [0.05, 0.1) is 11.3 Å². The Hall–Kier alpha value is -1.54. The Morgan fingerprint density at radius 3 is 2.76 bits per heavy atom. The zero-order chi connectivity index (χ0) is 15.2. The van der Waals surface area contributed by atoms with E-state index in [-0.39, 0.29) is 11.9 Å². The number of nitriles is 1. The molecule has 4 nitrogen and oxygen atoms in total. The SMILES string of the molecule is CC(Nc1ccc(Br)cc1C#N)C(=O)NC1CCCCC1. The average Bonchev–Trinajstić information content (AvgIpc) is 2.49. The molecule has 21 heavy (non-hydrogen) atoms. The van der Waals surface area contributed by atoms with Crippen LogP contribution in [-0.2, 0) is 4.79 Å². The molecule has 1 fully saturated rings. The third kappa shape index (κ3) is 4.47. The van der Waals surface area contributed by atoms with Crippen LogP contribution in [0.1, 0.15) is 44.6 Å². The third-order valence-electron chi connectivity index (χ3n) is 3.82. The number of benzene rings is 1. The van der Waals surface area contributed by atoms with E-state index in [1.54, 1.807) is 6.07 Å². The van der Waals surface area contributed by atoms with Crippen LogP contribution in [0.3, 0.4) is 0 Å². The Morgan fingerprint density at radius 2 is 2.10 bits per heavy atom. The van der Waals surface area contributed by atoms with Gasteiger partial charge in [-0.3, -0.25) is 4.79 Å². The molecule has 0 radical (unpaired) electrons. The van der Waals surface area contributed by atoms with E-state index in [0.717, 1.165) is 17.3 Å². The van der Waals surface area contributed by atoms with Crippen molar-refractivity contribution in [3.8, 4) is 6.07 Å². The first-order chi connectivity index (χ1) is 10.1. The molecule has 1 aliphatic carbocycles. The maximum absolute atomic E-state index is 12.2. The molecule has 1 aromatic carbocycles. The monoisotopic (exact) mass is 349 g/mol. The van der Waals surface area contributed by atoms with Crippen molar-refractivity contribution in [2.75, 3.05) is 5.32 Å². The van der Waals surface area contributed by atoms with Crippen molar-refractivity contribution in [3.05, 3.63) is 28.2 Å². The van der Waals surface area contributed by atoms with Gasteiger partial charge in [0, 0.05) is 10.5 Å². The molecule has 112 valence electrons. The van der Waals surface area contributed by atoms with Crippen molar-refractivity contribution in [2.45, 2.75) is 51.1 Å². The molecule has 0 aromatic heterocycles. The number of hydrogen-bond donors (Lipinski definition) is 2. The summed E-state index contributed by atoms with van der Waals surface area (Å²) in [6, 6.07) is 7.49. The molecular weight excluding hydrogens is 330 g/mol. The molecule has 1 saturated carbocycles. The predicted molar refractivity (Wildman–Crippen MR) is 87.0 cm³/mol. The van der Waals surface area contributed by atoms with E-state index in [9.17, 15) is 4.79 Å². The average molecular weight is 350 g/mol. The summed E-state index contributed by atoms with van der Waals surface area (Å²) in [5, 5.41) is 15.4. The molecule has 0 spiro atoms. The number of amides is 1. The van der Waals surface area contributed by atoms with Crippen LogP contribution in [-0.4, -0.2) is 18.0 Å². The molecule has 2 rings (SSSR count). The highest BCUT2D eigenvalue weighted by Crippen LogP contribution is 2.21. The van der Waals surface area contributed by atoms with Gasteiger partial charge in [0.1, 0.15) is 12.1 Å². The second-order valence-electron chi connectivity index (χ2n) is 5.51. The highest BCUT2D eigenvalue weighted by atomic mass is 79.9. The largest absolute Gasteiger partial charge is 0.373 e. The minimum atomic E-state index is -0.361. The van der Waals surface area contributed by atoms with Gasteiger partial charge in [-0.1, -0.05) is 35.2 Å². The minimum absolute atomic E-state index is 0.00583. The fourth-order valence-electron chi connectivity index (χ4n) is 2.61. The lowest BCUT2D eigenvalue weighted by Crippen LogP contribution is -2.44. The first-order valence-electron chi connectivity index (χ1n) is 7.36. The highest BCUT2D eigenvalue weighted by molar-refractivity contribution is 9.10. The minimum Gasteiger partial charge on any atom is -0.373 e. The van der Waals surface area contributed by atoms with Gasteiger partial charge in [0.15, 0.2) is 0 Å². The van der Waals surface area contributed by atoms with Crippen LogP contribution < -0.4 is 10.6 Å². The Labute approximate surface area is 134 Å². The number of anilines is 1. The first-order valence-corrected chi connectivity index (χ1v) is 8.16. The summed E-state index contributed by atoms with van der Waals surface area (Å²) in [5.74, 6) is -0.00583. The maximum atomic E-state index is 12.2. The molecule has 2 N–H and O–H groups in total. The van der Waals surface area contributed by atoms with Gasteiger partial charge in [0.2, 0.25) is 5.91 Å². The van der Waals surface area contributed by atoms with Crippen molar-refractivity contribution in [2.24, 2.45) is 0 Å². The number of halogens is 1. The quantitative estimate of drug-likeness (QED) is 0.873. The van der Waals surface area contributed by atoms with Crippen LogP contribution in [0.4, 0.5) is 5.69 Å². The van der Waals surface area contributed by atoms with Gasteiger partial charge >= 0.3 is 0 Å². The van der Waals surface area contributed by atoms with Crippen LogP contribution in [0.25, 0.3) is 0 Å². The molecule has 0 heterocycles. The number of carbonyl (C=O) groups is 1. The highest BCUT2D eigenvalue weighted by Gasteiger charge is 2.20. The normalized spacial score (nSPS) is 16.8. The summed E-state index contributed by atoms with van der Waals surface area (Å²) in [6.07, 6.45) is 5.79. The Bertz CT molecular complexity index is 547. The summed E-state index contributed by atoms with van der Waals surface area (Å²) in [6.45, 7) is 1.82. The Morgan fingerprint density at radius 1 is 1.38 bits per heavy atom. The van der Waals surface area contributed by atoms with Gasteiger partial charge in [-0.2, -0.15) is 5.26 Å². The van der Waals surface area contributed by atoms with E-state index < -0.39 is 0 Å². The lowest BCUT2D eigenvalue weighted by Gasteiger charge is -2.25. The van der Waals surface area contributed by atoms with Gasteiger partial charge < -0.3 is 10.6 Å². The molecule has 1 aliphatic rings. The van der Waals surface area contributed by atoms with Crippen molar-refractivity contribution in [1.29, 1.82) is 5.26 Å². The summed E-state index contributed by atoms with van der Waals surface area (Å²) in [4.78, 5) is 12.2. The zero-order valence-electron chi connectivity index (χ0n) is 12.2. The van der Waals surface area contributed by atoms with E-state index in [0.29, 0.717) is 17.3 Å². The maximum Gasteiger partial charge on any atom is 0.242 e. The second kappa shape index (κ2) is 7.46.